The first-order valence-corrected chi connectivity index (χ1v) is 7.86. The Bertz CT molecular complexity index is 351. The lowest BCUT2D eigenvalue weighted by Crippen LogP contribution is -2.44. The SMILES string of the molecule is CC1CN(C(=O)NC2CCCCCCC2)CC1C(=O)O. The minimum Gasteiger partial charge on any atom is -0.481 e. The summed E-state index contributed by atoms with van der Waals surface area (Å²) in [6, 6.07) is 0.188. The molecule has 0 aromatic rings. The second kappa shape index (κ2) is 6.95. The van der Waals surface area contributed by atoms with E-state index in [0.29, 0.717) is 13.1 Å². The molecule has 1 heterocycles. The topological polar surface area (TPSA) is 69.6 Å². The minimum atomic E-state index is -0.793. The van der Waals surface area contributed by atoms with Crippen LogP contribution < -0.4 is 5.32 Å². The standard InChI is InChI=1S/C15H26N2O3/c1-11-9-17(10-13(11)14(18)19)15(20)16-12-7-5-3-2-4-6-8-12/h11-13H,2-10H2,1H3,(H,16,20)(H,18,19). The Kier molecular flexibility index (Phi) is 5.26. The second-order valence-electron chi connectivity index (χ2n) is 6.32. The van der Waals surface area contributed by atoms with Gasteiger partial charge < -0.3 is 15.3 Å². The highest BCUT2D eigenvalue weighted by Crippen LogP contribution is 2.24. The van der Waals surface area contributed by atoms with Crippen LogP contribution in [0, 0.1) is 11.8 Å². The van der Waals surface area contributed by atoms with Gasteiger partial charge in [-0.15, -0.1) is 0 Å². The monoisotopic (exact) mass is 282 g/mol. The number of nitrogens with zero attached hydrogens (tertiary/aromatic N) is 1. The fraction of sp³-hybridized carbons (Fsp3) is 0.867. The zero-order chi connectivity index (χ0) is 14.5. The number of rotatable bonds is 2. The van der Waals surface area contributed by atoms with Crippen molar-refractivity contribution in [2.24, 2.45) is 11.8 Å². The Balaban J connectivity index is 1.83. The van der Waals surface area contributed by atoms with Crippen LogP contribution >= 0.6 is 0 Å². The molecule has 2 rings (SSSR count). The smallest absolute Gasteiger partial charge is 0.317 e. The van der Waals surface area contributed by atoms with E-state index in [1.165, 1.54) is 32.1 Å². The Hall–Kier alpha value is -1.26. The molecule has 2 unspecified atom stereocenters. The van der Waals surface area contributed by atoms with Crippen LogP contribution in [-0.4, -0.2) is 41.1 Å². The number of carbonyl (C=O) groups is 2. The number of urea groups is 1. The molecule has 20 heavy (non-hydrogen) atoms. The van der Waals surface area contributed by atoms with Gasteiger partial charge in [0.25, 0.3) is 0 Å². The average molecular weight is 282 g/mol. The van der Waals surface area contributed by atoms with Crippen LogP contribution in [-0.2, 0) is 4.79 Å². The molecule has 2 aliphatic rings. The third-order valence-electron chi connectivity index (χ3n) is 4.65. The van der Waals surface area contributed by atoms with Crippen molar-refractivity contribution in [1.82, 2.24) is 10.2 Å². The number of likely N-dealkylation sites (tertiary alicyclic amines) is 1. The molecule has 1 aliphatic carbocycles. The number of carbonyl (C=O) groups excluding carboxylic acids is 1. The van der Waals surface area contributed by atoms with Gasteiger partial charge in [-0.2, -0.15) is 0 Å². The van der Waals surface area contributed by atoms with Crippen molar-refractivity contribution >= 4 is 12.0 Å². The molecule has 0 bridgehead atoms. The number of aliphatic carboxylic acids is 1. The first-order chi connectivity index (χ1) is 9.58. The Morgan fingerprint density at radius 1 is 1.05 bits per heavy atom. The summed E-state index contributed by atoms with van der Waals surface area (Å²) in [4.78, 5) is 25.0. The molecule has 1 saturated carbocycles. The van der Waals surface area contributed by atoms with Crippen molar-refractivity contribution in [3.63, 3.8) is 0 Å². The van der Waals surface area contributed by atoms with Crippen LogP contribution in [0.3, 0.4) is 0 Å². The fourth-order valence-corrected chi connectivity index (χ4v) is 3.32. The zero-order valence-electron chi connectivity index (χ0n) is 12.3. The predicted octanol–water partition coefficient (Wildman–Crippen LogP) is 2.46. The lowest BCUT2D eigenvalue weighted by atomic mass is 9.97. The Morgan fingerprint density at radius 2 is 1.65 bits per heavy atom. The molecule has 0 aromatic heterocycles. The van der Waals surface area contributed by atoms with Crippen molar-refractivity contribution in [3.05, 3.63) is 0 Å². The number of carboxylic acids is 1. The van der Waals surface area contributed by atoms with E-state index < -0.39 is 11.9 Å². The van der Waals surface area contributed by atoms with Crippen molar-refractivity contribution in [2.75, 3.05) is 13.1 Å². The second-order valence-corrected chi connectivity index (χ2v) is 6.32. The van der Waals surface area contributed by atoms with E-state index >= 15 is 0 Å². The van der Waals surface area contributed by atoms with Gasteiger partial charge in [0, 0.05) is 19.1 Å². The Labute approximate surface area is 120 Å². The maximum Gasteiger partial charge on any atom is 0.317 e. The van der Waals surface area contributed by atoms with Gasteiger partial charge in [-0.25, -0.2) is 4.79 Å². The van der Waals surface area contributed by atoms with E-state index in [-0.39, 0.29) is 18.0 Å². The lowest BCUT2D eigenvalue weighted by molar-refractivity contribution is -0.142. The molecule has 2 amide bonds. The summed E-state index contributed by atoms with van der Waals surface area (Å²) in [5, 5.41) is 12.2. The van der Waals surface area contributed by atoms with Crippen LogP contribution in [0.4, 0.5) is 4.79 Å². The molecule has 1 aliphatic heterocycles. The van der Waals surface area contributed by atoms with Crippen molar-refractivity contribution in [3.8, 4) is 0 Å². The number of hydrogen-bond acceptors (Lipinski definition) is 2. The minimum absolute atomic E-state index is 0.0376. The molecule has 2 atom stereocenters. The number of hydrogen-bond donors (Lipinski definition) is 2. The molecule has 1 saturated heterocycles. The maximum atomic E-state index is 12.2. The quantitative estimate of drug-likeness (QED) is 0.817. The zero-order valence-corrected chi connectivity index (χ0v) is 12.3. The Morgan fingerprint density at radius 3 is 2.20 bits per heavy atom. The van der Waals surface area contributed by atoms with Crippen LogP contribution in [0.2, 0.25) is 0 Å². The van der Waals surface area contributed by atoms with E-state index in [4.69, 9.17) is 5.11 Å². The highest BCUT2D eigenvalue weighted by Gasteiger charge is 2.37. The van der Waals surface area contributed by atoms with E-state index in [0.717, 1.165) is 12.8 Å². The highest BCUT2D eigenvalue weighted by atomic mass is 16.4. The third kappa shape index (κ3) is 3.87. The number of amides is 2. The van der Waals surface area contributed by atoms with Gasteiger partial charge >= 0.3 is 12.0 Å². The first kappa shape index (κ1) is 15.1. The molecule has 2 N–H and O–H groups in total. The van der Waals surface area contributed by atoms with Crippen LogP contribution in [0.1, 0.15) is 51.9 Å². The summed E-state index contributed by atoms with van der Waals surface area (Å²) in [5.41, 5.74) is 0. The summed E-state index contributed by atoms with van der Waals surface area (Å²) in [7, 11) is 0. The molecular weight excluding hydrogens is 256 g/mol. The summed E-state index contributed by atoms with van der Waals surface area (Å²) < 4.78 is 0. The van der Waals surface area contributed by atoms with Gasteiger partial charge in [-0.1, -0.05) is 39.0 Å². The number of carboxylic acid groups (broad SMARTS) is 1. The third-order valence-corrected chi connectivity index (χ3v) is 4.65. The molecule has 2 fully saturated rings. The van der Waals surface area contributed by atoms with Crippen molar-refractivity contribution in [2.45, 2.75) is 57.9 Å². The van der Waals surface area contributed by atoms with Gasteiger partial charge in [0.05, 0.1) is 5.92 Å². The van der Waals surface area contributed by atoms with Gasteiger partial charge in [0.15, 0.2) is 0 Å². The molecule has 0 aromatic carbocycles. The molecule has 0 radical (unpaired) electrons. The summed E-state index contributed by atoms with van der Waals surface area (Å²) in [5.74, 6) is -1.17. The average Bonchev–Trinajstić information content (AvgIpc) is 2.74. The van der Waals surface area contributed by atoms with E-state index in [9.17, 15) is 9.59 Å². The van der Waals surface area contributed by atoms with Gasteiger partial charge in [-0.05, 0) is 18.8 Å². The highest BCUT2D eigenvalue weighted by molar-refractivity contribution is 5.77. The van der Waals surface area contributed by atoms with Gasteiger partial charge in [0.1, 0.15) is 0 Å². The van der Waals surface area contributed by atoms with E-state index in [1.807, 2.05) is 6.92 Å². The molecule has 5 nitrogen and oxygen atoms in total. The fourth-order valence-electron chi connectivity index (χ4n) is 3.32. The maximum absolute atomic E-state index is 12.2. The van der Waals surface area contributed by atoms with E-state index in [2.05, 4.69) is 5.32 Å². The van der Waals surface area contributed by atoms with Crippen molar-refractivity contribution in [1.29, 1.82) is 0 Å². The molecule has 114 valence electrons. The van der Waals surface area contributed by atoms with Gasteiger partial charge in [0.2, 0.25) is 0 Å². The molecule has 0 spiro atoms. The van der Waals surface area contributed by atoms with Crippen LogP contribution in [0.25, 0.3) is 0 Å². The first-order valence-electron chi connectivity index (χ1n) is 7.86. The normalized spacial score (nSPS) is 28.8. The van der Waals surface area contributed by atoms with E-state index in [1.54, 1.807) is 4.90 Å². The van der Waals surface area contributed by atoms with Crippen molar-refractivity contribution < 1.29 is 14.7 Å². The summed E-state index contributed by atoms with van der Waals surface area (Å²) in [6.07, 6.45) is 8.29. The summed E-state index contributed by atoms with van der Waals surface area (Å²) in [6.45, 7) is 2.80. The largest absolute Gasteiger partial charge is 0.481 e. The van der Waals surface area contributed by atoms with Crippen LogP contribution in [0.5, 0.6) is 0 Å². The van der Waals surface area contributed by atoms with Gasteiger partial charge in [-0.3, -0.25) is 4.79 Å². The molecular formula is C15H26N2O3. The van der Waals surface area contributed by atoms with Crippen LogP contribution in [0.15, 0.2) is 0 Å². The lowest BCUT2D eigenvalue weighted by Gasteiger charge is -2.24. The summed E-state index contributed by atoms with van der Waals surface area (Å²) >= 11 is 0. The predicted molar refractivity (Wildman–Crippen MR) is 76.5 cm³/mol. The number of nitrogens with one attached hydrogen (secondary N) is 1. The molecule has 5 heteroatoms.